The summed E-state index contributed by atoms with van der Waals surface area (Å²) in [4.78, 5) is 45.0. The number of benzene rings is 3. The fourth-order valence-corrected chi connectivity index (χ4v) is 6.17. The van der Waals surface area contributed by atoms with E-state index in [-0.39, 0.29) is 30.7 Å². The van der Waals surface area contributed by atoms with Crippen LogP contribution in [0.4, 0.5) is 4.79 Å². The van der Waals surface area contributed by atoms with E-state index in [2.05, 4.69) is 21.8 Å². The van der Waals surface area contributed by atoms with Gasteiger partial charge < -0.3 is 19.6 Å². The molecule has 2 aliphatic heterocycles. The molecule has 9 heteroatoms. The van der Waals surface area contributed by atoms with Gasteiger partial charge in [0, 0.05) is 31.1 Å². The summed E-state index contributed by atoms with van der Waals surface area (Å²) in [5.41, 5.74) is 6.19. The van der Waals surface area contributed by atoms with E-state index in [1.54, 1.807) is 11.8 Å². The first-order valence-electron chi connectivity index (χ1n) is 14.8. The van der Waals surface area contributed by atoms with Crippen LogP contribution in [-0.2, 0) is 16.1 Å². The van der Waals surface area contributed by atoms with Crippen LogP contribution in [0.2, 0.25) is 0 Å². The number of aromatic amines is 2. The summed E-state index contributed by atoms with van der Waals surface area (Å²) < 4.78 is 5.60. The number of carbonyl (C=O) groups is 2. The molecule has 7 rings (SSSR count). The third kappa shape index (κ3) is 5.44. The highest BCUT2D eigenvalue weighted by Crippen LogP contribution is 2.33. The van der Waals surface area contributed by atoms with Gasteiger partial charge in [-0.25, -0.2) is 14.8 Å². The number of amides is 2. The number of likely N-dealkylation sites (tertiary alicyclic amines) is 2. The lowest BCUT2D eigenvalue weighted by Gasteiger charge is -2.22. The van der Waals surface area contributed by atoms with Crippen molar-refractivity contribution in [2.75, 3.05) is 13.1 Å². The Kier molecular flexibility index (Phi) is 7.03. The van der Waals surface area contributed by atoms with Crippen LogP contribution in [0.1, 0.15) is 73.0 Å². The Hall–Kier alpha value is -5.10. The van der Waals surface area contributed by atoms with Crippen molar-refractivity contribution in [3.63, 3.8) is 0 Å². The van der Waals surface area contributed by atoms with Crippen LogP contribution in [0.3, 0.4) is 0 Å². The molecule has 2 atom stereocenters. The van der Waals surface area contributed by atoms with Crippen LogP contribution in [0.15, 0.2) is 66.7 Å². The van der Waals surface area contributed by atoms with Crippen LogP contribution >= 0.6 is 0 Å². The maximum atomic E-state index is 12.9. The second kappa shape index (κ2) is 11.3. The Morgan fingerprint density at radius 1 is 0.814 bits per heavy atom. The molecule has 0 bridgehead atoms. The molecular formula is C34H32N6O3. The molecule has 216 valence electrons. The first-order valence-corrected chi connectivity index (χ1v) is 14.8. The van der Waals surface area contributed by atoms with Crippen LogP contribution < -0.4 is 0 Å². The number of carbonyl (C=O) groups excluding carboxylic acids is 2. The SMILES string of the molecule is CC(=O)N1CCC[C@H]1c1nc2ccc(C#Cc3ccc4nc([C@@H]5CCCN5C(=O)OCc5ccccc5)[nH]c4c3)cc2[nH]1. The molecule has 5 aromatic rings. The fraction of sp³-hybridized carbons (Fsp3) is 0.294. The predicted molar refractivity (Wildman–Crippen MR) is 163 cm³/mol. The van der Waals surface area contributed by atoms with Crippen LogP contribution in [0.5, 0.6) is 0 Å². The number of rotatable bonds is 4. The Bertz CT molecular complexity index is 1880. The highest BCUT2D eigenvalue weighted by atomic mass is 16.6. The first-order chi connectivity index (χ1) is 21.0. The van der Waals surface area contributed by atoms with Crippen molar-refractivity contribution < 1.29 is 14.3 Å². The van der Waals surface area contributed by atoms with E-state index in [0.717, 1.165) is 82.6 Å². The van der Waals surface area contributed by atoms with E-state index >= 15 is 0 Å². The second-order valence-electron chi connectivity index (χ2n) is 11.2. The summed E-state index contributed by atoms with van der Waals surface area (Å²) in [5.74, 6) is 8.22. The molecule has 0 unspecified atom stereocenters. The average molecular weight is 573 g/mol. The number of H-pyrrole nitrogens is 2. The molecule has 2 N–H and O–H groups in total. The summed E-state index contributed by atoms with van der Waals surface area (Å²) in [6, 6.07) is 21.4. The molecule has 0 saturated carbocycles. The maximum Gasteiger partial charge on any atom is 0.410 e. The summed E-state index contributed by atoms with van der Waals surface area (Å²) in [5, 5.41) is 0. The van der Waals surface area contributed by atoms with Gasteiger partial charge in [0.1, 0.15) is 18.3 Å². The molecule has 2 fully saturated rings. The van der Waals surface area contributed by atoms with Gasteiger partial charge in [-0.1, -0.05) is 42.2 Å². The smallest absolute Gasteiger partial charge is 0.410 e. The zero-order chi connectivity index (χ0) is 29.3. The highest BCUT2D eigenvalue weighted by molar-refractivity contribution is 5.79. The molecule has 0 aliphatic carbocycles. The Morgan fingerprint density at radius 2 is 1.37 bits per heavy atom. The van der Waals surface area contributed by atoms with Crippen molar-refractivity contribution in [1.82, 2.24) is 29.7 Å². The highest BCUT2D eigenvalue weighted by Gasteiger charge is 2.33. The lowest BCUT2D eigenvalue weighted by Crippen LogP contribution is -2.31. The van der Waals surface area contributed by atoms with Gasteiger partial charge in [-0.15, -0.1) is 0 Å². The largest absolute Gasteiger partial charge is 0.445 e. The number of fused-ring (bicyclic) bond motifs is 2. The van der Waals surface area contributed by atoms with Gasteiger partial charge in [-0.3, -0.25) is 9.69 Å². The van der Waals surface area contributed by atoms with Gasteiger partial charge in [0.25, 0.3) is 0 Å². The van der Waals surface area contributed by atoms with E-state index < -0.39 is 0 Å². The van der Waals surface area contributed by atoms with Crippen molar-refractivity contribution in [1.29, 1.82) is 0 Å². The number of imidazole rings is 2. The lowest BCUT2D eigenvalue weighted by atomic mass is 10.1. The molecule has 2 aromatic heterocycles. The Morgan fingerprint density at radius 3 is 1.95 bits per heavy atom. The predicted octanol–water partition coefficient (Wildman–Crippen LogP) is 6.00. The van der Waals surface area contributed by atoms with Crippen molar-refractivity contribution >= 4 is 34.1 Å². The number of hydrogen-bond acceptors (Lipinski definition) is 5. The summed E-state index contributed by atoms with van der Waals surface area (Å²) in [6.45, 7) is 3.28. The minimum Gasteiger partial charge on any atom is -0.445 e. The minimum absolute atomic E-state index is 0.00158. The molecule has 0 radical (unpaired) electrons. The van der Waals surface area contributed by atoms with Gasteiger partial charge in [-0.05, 0) is 67.6 Å². The molecule has 9 nitrogen and oxygen atoms in total. The monoisotopic (exact) mass is 572 g/mol. The molecule has 2 amide bonds. The van der Waals surface area contributed by atoms with E-state index in [1.165, 1.54) is 0 Å². The normalized spacial score (nSPS) is 18.3. The van der Waals surface area contributed by atoms with Crippen LogP contribution in [-0.4, -0.2) is 54.8 Å². The first kappa shape index (κ1) is 26.8. The Balaban J connectivity index is 1.06. The topological polar surface area (TPSA) is 107 Å². The van der Waals surface area contributed by atoms with E-state index in [9.17, 15) is 9.59 Å². The second-order valence-corrected chi connectivity index (χ2v) is 11.2. The molecule has 3 aromatic carbocycles. The number of hydrogen-bond donors (Lipinski definition) is 2. The molecule has 0 spiro atoms. The average Bonchev–Trinajstić information content (AvgIpc) is 3.83. The zero-order valence-electron chi connectivity index (χ0n) is 24.0. The molecule has 4 heterocycles. The summed E-state index contributed by atoms with van der Waals surface area (Å²) >= 11 is 0. The van der Waals surface area contributed by atoms with Gasteiger partial charge in [0.05, 0.1) is 34.2 Å². The van der Waals surface area contributed by atoms with E-state index in [0.29, 0.717) is 6.54 Å². The zero-order valence-corrected chi connectivity index (χ0v) is 24.0. The van der Waals surface area contributed by atoms with Gasteiger partial charge in [0.2, 0.25) is 5.91 Å². The molecular weight excluding hydrogens is 540 g/mol. The molecule has 2 aliphatic rings. The molecule has 2 saturated heterocycles. The van der Waals surface area contributed by atoms with E-state index in [4.69, 9.17) is 14.7 Å². The summed E-state index contributed by atoms with van der Waals surface area (Å²) in [7, 11) is 0. The van der Waals surface area contributed by atoms with Crippen molar-refractivity contribution in [2.45, 2.75) is 51.3 Å². The van der Waals surface area contributed by atoms with Crippen molar-refractivity contribution in [2.24, 2.45) is 0 Å². The van der Waals surface area contributed by atoms with Crippen molar-refractivity contribution in [3.05, 3.63) is 95.1 Å². The lowest BCUT2D eigenvalue weighted by molar-refractivity contribution is -0.129. The standard InChI is InChI=1S/C34H32N6O3/c1-22(41)39-17-5-9-30(39)32-35-26-15-13-23(19-28(26)37-32)11-12-24-14-16-27-29(20-24)38-33(36-27)31-10-6-18-40(31)34(42)43-21-25-7-3-2-4-8-25/h2-4,7-8,13-16,19-20,30-31H,5-6,9-10,17-18,21H2,1H3,(H,35,37)(H,36,38)/t30-,31-/m0/s1. The number of nitrogens with one attached hydrogen (secondary N) is 2. The van der Waals surface area contributed by atoms with Crippen LogP contribution in [0.25, 0.3) is 22.1 Å². The number of ether oxygens (including phenoxy) is 1. The number of aromatic nitrogens is 4. The van der Waals surface area contributed by atoms with Gasteiger partial charge in [0.15, 0.2) is 0 Å². The maximum absolute atomic E-state index is 12.9. The molecule has 43 heavy (non-hydrogen) atoms. The fourth-order valence-electron chi connectivity index (χ4n) is 6.17. The van der Waals surface area contributed by atoms with Crippen LogP contribution in [0, 0.1) is 11.8 Å². The van der Waals surface area contributed by atoms with Gasteiger partial charge in [-0.2, -0.15) is 0 Å². The summed E-state index contributed by atoms with van der Waals surface area (Å²) in [6.07, 6.45) is 3.31. The van der Waals surface area contributed by atoms with E-state index in [1.807, 2.05) is 71.6 Å². The number of nitrogens with zero attached hydrogens (tertiary/aromatic N) is 4. The third-order valence-electron chi connectivity index (χ3n) is 8.33. The van der Waals surface area contributed by atoms with Gasteiger partial charge >= 0.3 is 6.09 Å². The van der Waals surface area contributed by atoms with Crippen molar-refractivity contribution in [3.8, 4) is 11.8 Å². The Labute approximate surface area is 249 Å². The third-order valence-corrected chi connectivity index (χ3v) is 8.33. The minimum atomic E-state index is -0.320. The quantitative estimate of drug-likeness (QED) is 0.257.